The minimum Gasteiger partial charge on any atom is -0.457 e. The smallest absolute Gasteiger partial charge is 0.131 e. The fraction of sp³-hybridized carbons (Fsp3) is 0.176. The molecule has 3 nitrogen and oxygen atoms in total. The highest BCUT2D eigenvalue weighted by Crippen LogP contribution is 2.27. The largest absolute Gasteiger partial charge is 0.457 e. The van der Waals surface area contributed by atoms with Crippen LogP contribution in [0, 0.1) is 29.6 Å². The van der Waals surface area contributed by atoms with Crippen molar-refractivity contribution in [2.24, 2.45) is 0 Å². The number of hydrogen-bond donors (Lipinski definition) is 0. The molecular formula is C17H14N2O. The standard InChI is InChI=1S/C17H14N2O/c1-13-2-7-17(15(12-13)9-11-19)20-16-5-3-14(4-6-16)8-10-18/h2-7,12H,8-9H2,1H3. The molecule has 0 saturated heterocycles. The Balaban J connectivity index is 2.21. The lowest BCUT2D eigenvalue weighted by Crippen LogP contribution is -1.92. The summed E-state index contributed by atoms with van der Waals surface area (Å²) in [7, 11) is 0. The molecule has 0 aliphatic heterocycles. The molecule has 3 heteroatoms. The van der Waals surface area contributed by atoms with Crippen molar-refractivity contribution in [3.63, 3.8) is 0 Å². The van der Waals surface area contributed by atoms with Crippen LogP contribution in [0.1, 0.15) is 16.7 Å². The summed E-state index contributed by atoms with van der Waals surface area (Å²) in [6, 6.07) is 17.5. The van der Waals surface area contributed by atoms with Gasteiger partial charge in [0.25, 0.3) is 0 Å². The van der Waals surface area contributed by atoms with Crippen molar-refractivity contribution < 1.29 is 4.74 Å². The summed E-state index contributed by atoms with van der Waals surface area (Å²) in [6.45, 7) is 1.99. The lowest BCUT2D eigenvalue weighted by molar-refractivity contribution is 0.477. The second-order valence-electron chi connectivity index (χ2n) is 4.53. The van der Waals surface area contributed by atoms with Crippen molar-refractivity contribution in [3.8, 4) is 23.6 Å². The fourth-order valence-corrected chi connectivity index (χ4v) is 1.92. The molecule has 2 aromatic carbocycles. The van der Waals surface area contributed by atoms with Gasteiger partial charge in [-0.25, -0.2) is 0 Å². The average molecular weight is 262 g/mol. The SMILES string of the molecule is Cc1ccc(Oc2ccc(CC#N)cc2)c(CC#N)c1. The summed E-state index contributed by atoms with van der Waals surface area (Å²) >= 11 is 0. The van der Waals surface area contributed by atoms with Gasteiger partial charge in [-0.3, -0.25) is 0 Å². The van der Waals surface area contributed by atoms with E-state index in [-0.39, 0.29) is 0 Å². The Morgan fingerprint density at radius 3 is 2.30 bits per heavy atom. The lowest BCUT2D eigenvalue weighted by atomic mass is 10.1. The van der Waals surface area contributed by atoms with Gasteiger partial charge in [0, 0.05) is 5.56 Å². The molecule has 0 spiro atoms. The molecule has 0 aliphatic rings. The van der Waals surface area contributed by atoms with E-state index in [1.165, 1.54) is 0 Å². The summed E-state index contributed by atoms with van der Waals surface area (Å²) in [4.78, 5) is 0. The molecule has 20 heavy (non-hydrogen) atoms. The zero-order chi connectivity index (χ0) is 14.4. The fourth-order valence-electron chi connectivity index (χ4n) is 1.92. The second-order valence-corrected chi connectivity index (χ2v) is 4.53. The van der Waals surface area contributed by atoms with Crippen molar-refractivity contribution in [1.29, 1.82) is 10.5 Å². The van der Waals surface area contributed by atoms with Crippen LogP contribution in [-0.4, -0.2) is 0 Å². The van der Waals surface area contributed by atoms with E-state index in [0.717, 1.165) is 16.7 Å². The van der Waals surface area contributed by atoms with Gasteiger partial charge in [0.2, 0.25) is 0 Å². The van der Waals surface area contributed by atoms with E-state index in [2.05, 4.69) is 12.1 Å². The van der Waals surface area contributed by atoms with Crippen molar-refractivity contribution in [3.05, 3.63) is 59.2 Å². The molecule has 0 amide bonds. The number of rotatable bonds is 4. The van der Waals surface area contributed by atoms with E-state index in [9.17, 15) is 0 Å². The highest BCUT2D eigenvalue weighted by atomic mass is 16.5. The van der Waals surface area contributed by atoms with Crippen LogP contribution in [0.4, 0.5) is 0 Å². The first kappa shape index (κ1) is 13.6. The molecule has 0 bridgehead atoms. The van der Waals surface area contributed by atoms with Crippen molar-refractivity contribution in [2.45, 2.75) is 19.8 Å². The van der Waals surface area contributed by atoms with Crippen LogP contribution in [0.3, 0.4) is 0 Å². The highest BCUT2D eigenvalue weighted by molar-refractivity contribution is 5.42. The Morgan fingerprint density at radius 1 is 0.950 bits per heavy atom. The number of nitrogens with zero attached hydrogens (tertiary/aromatic N) is 2. The lowest BCUT2D eigenvalue weighted by Gasteiger charge is -2.10. The Hall–Kier alpha value is -2.78. The average Bonchev–Trinajstić information content (AvgIpc) is 2.44. The van der Waals surface area contributed by atoms with Crippen LogP contribution < -0.4 is 4.74 Å². The number of nitriles is 2. The van der Waals surface area contributed by atoms with Gasteiger partial charge in [0.05, 0.1) is 25.0 Å². The van der Waals surface area contributed by atoms with Gasteiger partial charge in [-0.15, -0.1) is 0 Å². The third kappa shape index (κ3) is 3.37. The van der Waals surface area contributed by atoms with E-state index < -0.39 is 0 Å². The number of ether oxygens (including phenoxy) is 1. The third-order valence-corrected chi connectivity index (χ3v) is 2.92. The minimum atomic E-state index is 0.323. The monoisotopic (exact) mass is 262 g/mol. The summed E-state index contributed by atoms with van der Waals surface area (Å²) in [6.07, 6.45) is 0.716. The van der Waals surface area contributed by atoms with Gasteiger partial charge in [-0.2, -0.15) is 10.5 Å². The Morgan fingerprint density at radius 2 is 1.65 bits per heavy atom. The van der Waals surface area contributed by atoms with E-state index >= 15 is 0 Å². The van der Waals surface area contributed by atoms with Crippen LogP contribution in [-0.2, 0) is 12.8 Å². The predicted octanol–water partition coefficient (Wildman–Crippen LogP) is 3.92. The zero-order valence-electron chi connectivity index (χ0n) is 11.3. The van der Waals surface area contributed by atoms with Crippen LogP contribution >= 0.6 is 0 Å². The van der Waals surface area contributed by atoms with Crippen molar-refractivity contribution in [1.82, 2.24) is 0 Å². The highest BCUT2D eigenvalue weighted by Gasteiger charge is 2.05. The molecule has 2 rings (SSSR count). The summed E-state index contributed by atoms with van der Waals surface area (Å²) in [5.41, 5.74) is 2.95. The normalized spacial score (nSPS) is 9.55. The summed E-state index contributed by atoms with van der Waals surface area (Å²) in [5, 5.41) is 17.5. The molecule has 2 aromatic rings. The Labute approximate surface area is 118 Å². The number of aryl methyl sites for hydroxylation is 1. The van der Waals surface area contributed by atoms with Crippen LogP contribution in [0.2, 0.25) is 0 Å². The maximum absolute atomic E-state index is 8.86. The molecule has 98 valence electrons. The first-order valence-corrected chi connectivity index (χ1v) is 6.33. The van der Waals surface area contributed by atoms with E-state index in [0.29, 0.717) is 24.3 Å². The van der Waals surface area contributed by atoms with Crippen LogP contribution in [0.25, 0.3) is 0 Å². The number of benzene rings is 2. The van der Waals surface area contributed by atoms with Gasteiger partial charge in [0.15, 0.2) is 0 Å². The molecule has 0 atom stereocenters. The third-order valence-electron chi connectivity index (χ3n) is 2.92. The van der Waals surface area contributed by atoms with Gasteiger partial charge in [0.1, 0.15) is 11.5 Å². The van der Waals surface area contributed by atoms with Gasteiger partial charge in [-0.1, -0.05) is 29.8 Å². The molecule has 0 unspecified atom stereocenters. The Bertz CT molecular complexity index is 676. The molecule has 0 radical (unpaired) electrons. The van der Waals surface area contributed by atoms with Gasteiger partial charge >= 0.3 is 0 Å². The number of hydrogen-bond acceptors (Lipinski definition) is 3. The summed E-state index contributed by atoms with van der Waals surface area (Å²) < 4.78 is 5.82. The quantitative estimate of drug-likeness (QED) is 0.839. The Kier molecular flexibility index (Phi) is 4.37. The van der Waals surface area contributed by atoms with E-state index in [1.807, 2.05) is 49.4 Å². The molecule has 0 fully saturated rings. The predicted molar refractivity (Wildman–Crippen MR) is 76.3 cm³/mol. The topological polar surface area (TPSA) is 56.8 Å². The van der Waals surface area contributed by atoms with Gasteiger partial charge in [-0.05, 0) is 30.7 Å². The first-order valence-electron chi connectivity index (χ1n) is 6.33. The molecule has 0 heterocycles. The van der Waals surface area contributed by atoms with Crippen molar-refractivity contribution >= 4 is 0 Å². The van der Waals surface area contributed by atoms with Crippen LogP contribution in [0.15, 0.2) is 42.5 Å². The van der Waals surface area contributed by atoms with Crippen LogP contribution in [0.5, 0.6) is 11.5 Å². The molecule has 0 saturated carbocycles. The first-order chi connectivity index (χ1) is 9.72. The maximum atomic E-state index is 8.86. The van der Waals surface area contributed by atoms with E-state index in [1.54, 1.807) is 0 Å². The zero-order valence-corrected chi connectivity index (χ0v) is 11.3. The molecular weight excluding hydrogens is 248 g/mol. The van der Waals surface area contributed by atoms with E-state index in [4.69, 9.17) is 15.3 Å². The maximum Gasteiger partial charge on any atom is 0.131 e. The second kappa shape index (κ2) is 6.41. The molecule has 0 N–H and O–H groups in total. The molecule has 0 aliphatic carbocycles. The molecule has 0 aromatic heterocycles. The minimum absolute atomic E-state index is 0.323. The van der Waals surface area contributed by atoms with Crippen molar-refractivity contribution in [2.75, 3.05) is 0 Å². The van der Waals surface area contributed by atoms with Gasteiger partial charge < -0.3 is 4.74 Å². The summed E-state index contributed by atoms with van der Waals surface area (Å²) in [5.74, 6) is 1.40.